The lowest BCUT2D eigenvalue weighted by molar-refractivity contribution is 0.0992. The lowest BCUT2D eigenvalue weighted by atomic mass is 10.4. The summed E-state index contributed by atoms with van der Waals surface area (Å²) in [6.07, 6.45) is 0.663. The zero-order valence-electron chi connectivity index (χ0n) is 6.37. The van der Waals surface area contributed by atoms with Gasteiger partial charge in [0.15, 0.2) is 6.29 Å². The van der Waals surface area contributed by atoms with E-state index in [0.717, 1.165) is 0 Å². The highest BCUT2D eigenvalue weighted by Gasteiger charge is 2.12. The first-order chi connectivity index (χ1) is 5.57. The first-order valence-electron chi connectivity index (χ1n) is 3.18. The molecule has 0 radical (unpaired) electrons. The summed E-state index contributed by atoms with van der Waals surface area (Å²) >= 11 is 3.14. The number of carbonyl (C=O) groups is 2. The van der Waals surface area contributed by atoms with Gasteiger partial charge in [-0.1, -0.05) is 0 Å². The van der Waals surface area contributed by atoms with E-state index in [1.165, 1.54) is 10.6 Å². The molecule has 1 aromatic rings. The number of nitrogens with zero attached hydrogens (tertiary/aromatic N) is 1. The van der Waals surface area contributed by atoms with Crippen LogP contribution in [-0.4, -0.2) is 16.8 Å². The number of hydrogen-bond donors (Lipinski definition) is 1. The molecule has 0 aliphatic rings. The molecule has 0 saturated heterocycles. The molecule has 2 N–H and O–H groups in total. The zero-order chi connectivity index (χ0) is 9.30. The van der Waals surface area contributed by atoms with Crippen molar-refractivity contribution in [2.24, 2.45) is 12.8 Å². The fourth-order valence-corrected chi connectivity index (χ4v) is 1.53. The van der Waals surface area contributed by atoms with Gasteiger partial charge in [0.2, 0.25) is 0 Å². The monoisotopic (exact) mass is 230 g/mol. The van der Waals surface area contributed by atoms with E-state index >= 15 is 0 Å². The lowest BCUT2D eigenvalue weighted by Gasteiger charge is -1.98. The minimum atomic E-state index is -0.550. The van der Waals surface area contributed by atoms with Crippen LogP contribution in [-0.2, 0) is 7.05 Å². The molecule has 0 saturated carbocycles. The third kappa shape index (κ3) is 1.27. The van der Waals surface area contributed by atoms with Crippen molar-refractivity contribution in [3.8, 4) is 0 Å². The van der Waals surface area contributed by atoms with Gasteiger partial charge in [0, 0.05) is 11.5 Å². The maximum Gasteiger partial charge on any atom is 0.265 e. The van der Waals surface area contributed by atoms with Crippen LogP contribution in [0.25, 0.3) is 0 Å². The van der Waals surface area contributed by atoms with Crippen molar-refractivity contribution in [2.75, 3.05) is 0 Å². The van der Waals surface area contributed by atoms with E-state index in [-0.39, 0.29) is 0 Å². The summed E-state index contributed by atoms with van der Waals surface area (Å²) in [7, 11) is 1.61. The number of nitrogens with two attached hydrogens (primary N) is 1. The van der Waals surface area contributed by atoms with E-state index in [9.17, 15) is 9.59 Å². The van der Waals surface area contributed by atoms with Crippen LogP contribution in [0.5, 0.6) is 0 Å². The van der Waals surface area contributed by atoms with Crippen molar-refractivity contribution in [3.05, 3.63) is 21.9 Å². The lowest BCUT2D eigenvalue weighted by Crippen LogP contribution is -2.15. The highest BCUT2D eigenvalue weighted by atomic mass is 79.9. The molecule has 1 heterocycles. The summed E-state index contributed by atoms with van der Waals surface area (Å²) in [5, 5.41) is 0. The molecular formula is C7H7BrN2O2. The second-order valence-electron chi connectivity index (χ2n) is 2.30. The largest absolute Gasteiger partial charge is 0.364 e. The summed E-state index contributed by atoms with van der Waals surface area (Å²) in [6.45, 7) is 0. The normalized spacial score (nSPS) is 9.83. The van der Waals surface area contributed by atoms with Crippen LogP contribution in [0, 0.1) is 0 Å². The average Bonchev–Trinajstić information content (AvgIpc) is 2.27. The number of aldehydes is 1. The zero-order valence-corrected chi connectivity index (χ0v) is 7.96. The van der Waals surface area contributed by atoms with Gasteiger partial charge >= 0.3 is 0 Å². The van der Waals surface area contributed by atoms with Crippen molar-refractivity contribution in [1.29, 1.82) is 0 Å². The Balaban J connectivity index is 3.35. The van der Waals surface area contributed by atoms with Crippen LogP contribution in [0.2, 0.25) is 0 Å². The van der Waals surface area contributed by atoms with Gasteiger partial charge in [-0.2, -0.15) is 0 Å². The number of aromatic nitrogens is 1. The molecule has 0 bridgehead atoms. The molecule has 0 spiro atoms. The quantitative estimate of drug-likeness (QED) is 0.761. The van der Waals surface area contributed by atoms with Crippen molar-refractivity contribution in [1.82, 2.24) is 4.57 Å². The topological polar surface area (TPSA) is 65.1 Å². The van der Waals surface area contributed by atoms with Gasteiger partial charge in [-0.3, -0.25) is 9.59 Å². The number of amides is 1. The van der Waals surface area contributed by atoms with Crippen LogP contribution < -0.4 is 5.73 Å². The van der Waals surface area contributed by atoms with E-state index in [2.05, 4.69) is 15.9 Å². The van der Waals surface area contributed by atoms with Crippen LogP contribution in [0.1, 0.15) is 21.0 Å². The minimum absolute atomic E-state index is 0.309. The minimum Gasteiger partial charge on any atom is -0.364 e. The molecule has 64 valence electrons. The standard InChI is InChI=1S/C7H7BrN2O2/c1-10-5(7(9)12)2-4(8)6(10)3-11/h2-3H,1H3,(H2,9,12). The Morgan fingerprint density at radius 3 is 2.58 bits per heavy atom. The number of halogens is 1. The highest BCUT2D eigenvalue weighted by molar-refractivity contribution is 9.10. The van der Waals surface area contributed by atoms with Crippen molar-refractivity contribution < 1.29 is 9.59 Å². The van der Waals surface area contributed by atoms with Crippen LogP contribution >= 0.6 is 15.9 Å². The van der Waals surface area contributed by atoms with Gasteiger partial charge in [-0.05, 0) is 22.0 Å². The second-order valence-corrected chi connectivity index (χ2v) is 3.16. The molecular weight excluding hydrogens is 224 g/mol. The predicted molar refractivity (Wildman–Crippen MR) is 47.0 cm³/mol. The molecule has 4 nitrogen and oxygen atoms in total. The first-order valence-corrected chi connectivity index (χ1v) is 3.97. The second kappa shape index (κ2) is 3.10. The highest BCUT2D eigenvalue weighted by Crippen LogP contribution is 2.18. The molecule has 12 heavy (non-hydrogen) atoms. The maximum atomic E-state index is 10.8. The van der Waals surface area contributed by atoms with E-state index in [0.29, 0.717) is 22.1 Å². The molecule has 5 heteroatoms. The van der Waals surface area contributed by atoms with Crippen molar-refractivity contribution >= 4 is 28.1 Å². The van der Waals surface area contributed by atoms with Crippen molar-refractivity contribution in [3.63, 3.8) is 0 Å². The Hall–Kier alpha value is -1.10. The van der Waals surface area contributed by atoms with Gasteiger partial charge in [0.1, 0.15) is 5.69 Å². The Labute approximate surface area is 77.5 Å². The number of rotatable bonds is 2. The summed E-state index contributed by atoms with van der Waals surface area (Å²) in [5.41, 5.74) is 5.77. The molecule has 0 aliphatic carbocycles. The SMILES string of the molecule is Cn1c(C(N)=O)cc(Br)c1C=O. The summed E-state index contributed by atoms with van der Waals surface area (Å²) in [6, 6.07) is 1.52. The maximum absolute atomic E-state index is 10.8. The summed E-state index contributed by atoms with van der Waals surface area (Å²) in [4.78, 5) is 21.2. The van der Waals surface area contributed by atoms with Crippen LogP contribution in [0.4, 0.5) is 0 Å². The van der Waals surface area contributed by atoms with Crippen molar-refractivity contribution in [2.45, 2.75) is 0 Å². The number of primary amides is 1. The molecule has 0 unspecified atom stereocenters. The van der Waals surface area contributed by atoms with Gasteiger partial charge in [-0.25, -0.2) is 0 Å². The molecule has 1 amide bonds. The fraction of sp³-hybridized carbons (Fsp3) is 0.143. The predicted octanol–water partition coefficient (Wildman–Crippen LogP) is 0.699. The van der Waals surface area contributed by atoms with Gasteiger partial charge in [-0.15, -0.1) is 0 Å². The molecule has 1 aromatic heterocycles. The Morgan fingerprint density at radius 1 is 1.75 bits per heavy atom. The van der Waals surface area contributed by atoms with E-state index in [1.54, 1.807) is 7.05 Å². The Morgan fingerprint density at radius 2 is 2.33 bits per heavy atom. The van der Waals surface area contributed by atoms with E-state index in [4.69, 9.17) is 5.73 Å². The summed E-state index contributed by atoms with van der Waals surface area (Å²) < 4.78 is 2.02. The van der Waals surface area contributed by atoms with Gasteiger partial charge in [0.25, 0.3) is 5.91 Å². The average molecular weight is 231 g/mol. The van der Waals surface area contributed by atoms with Crippen LogP contribution in [0.15, 0.2) is 10.5 Å². The van der Waals surface area contributed by atoms with E-state index in [1.807, 2.05) is 0 Å². The third-order valence-electron chi connectivity index (χ3n) is 1.59. The molecule has 0 atom stereocenters. The van der Waals surface area contributed by atoms with Gasteiger partial charge < -0.3 is 10.3 Å². The van der Waals surface area contributed by atoms with E-state index < -0.39 is 5.91 Å². The number of carbonyl (C=O) groups excluding carboxylic acids is 2. The number of hydrogen-bond acceptors (Lipinski definition) is 2. The van der Waals surface area contributed by atoms with Gasteiger partial charge in [0.05, 0.1) is 5.69 Å². The Kier molecular flexibility index (Phi) is 2.32. The molecule has 1 rings (SSSR count). The Bertz CT molecular complexity index is 343. The fourth-order valence-electron chi connectivity index (χ4n) is 0.953. The smallest absolute Gasteiger partial charge is 0.265 e. The molecule has 0 aromatic carbocycles. The molecule has 0 fully saturated rings. The van der Waals surface area contributed by atoms with Crippen LogP contribution in [0.3, 0.4) is 0 Å². The first kappa shape index (κ1) is 8.99. The molecule has 0 aliphatic heterocycles. The summed E-state index contributed by atoms with van der Waals surface area (Å²) in [5.74, 6) is -0.550. The third-order valence-corrected chi connectivity index (χ3v) is 2.23.